The van der Waals surface area contributed by atoms with E-state index in [4.69, 9.17) is 23.7 Å². The number of ketones is 1. The molecule has 4 fully saturated rings. The summed E-state index contributed by atoms with van der Waals surface area (Å²) in [5.74, 6) is 0.0222. The zero-order valence-electron chi connectivity index (χ0n) is 26.0. The maximum Gasteiger partial charge on any atom is 0.410 e. The van der Waals surface area contributed by atoms with Crippen LogP contribution in [0.1, 0.15) is 60.3 Å². The van der Waals surface area contributed by atoms with Gasteiger partial charge in [0.25, 0.3) is 0 Å². The molecular formula is C32H48N2O9. The zero-order valence-corrected chi connectivity index (χ0v) is 26.0. The van der Waals surface area contributed by atoms with Crippen LogP contribution in [0.25, 0.3) is 0 Å². The van der Waals surface area contributed by atoms with Gasteiger partial charge in [0, 0.05) is 32.0 Å². The number of aliphatic hydroxyl groups excluding tert-OH is 1. The van der Waals surface area contributed by atoms with Gasteiger partial charge in [-0.1, -0.05) is 30.7 Å². The highest BCUT2D eigenvalue weighted by Crippen LogP contribution is 2.43. The van der Waals surface area contributed by atoms with Gasteiger partial charge in [0.1, 0.15) is 29.7 Å². The van der Waals surface area contributed by atoms with E-state index in [1.54, 1.807) is 24.8 Å². The molecule has 4 aliphatic heterocycles. The molecule has 43 heavy (non-hydrogen) atoms. The number of Topliss-reactive ketones (excluding diaryl/α,β-unsaturated/α-hetero) is 1. The van der Waals surface area contributed by atoms with Crippen LogP contribution in [0, 0.1) is 5.92 Å². The van der Waals surface area contributed by atoms with E-state index in [1.165, 1.54) is 6.08 Å². The minimum atomic E-state index is -0.766. The van der Waals surface area contributed by atoms with Gasteiger partial charge in [-0.15, -0.1) is 0 Å². The van der Waals surface area contributed by atoms with Crippen molar-refractivity contribution < 1.29 is 43.2 Å². The van der Waals surface area contributed by atoms with E-state index in [0.717, 1.165) is 12.0 Å². The summed E-state index contributed by atoms with van der Waals surface area (Å²) in [6.45, 7) is 11.8. The van der Waals surface area contributed by atoms with Gasteiger partial charge < -0.3 is 39.0 Å². The standard InChI is InChI=1S/C32H48N2O9/c1-20(7-10-28-30(37)32(19-40-32)18-25(43-28)17-22(3)35)6-9-27-21(2)16-26(24(5)42-27)33-29(36)11-8-23(4)41-31(38)34-12-14-39-15-13-34/h6-8,10-11,21,23-28,30,37H,9,12-19H2,1-5H3,(H,33,36)/b10-7+,11-8-,20-6+/t21-,23+,24-,25-,26-,27+,28-,30-,32-/m1/s1. The van der Waals surface area contributed by atoms with Gasteiger partial charge >= 0.3 is 6.09 Å². The molecule has 4 saturated heterocycles. The monoisotopic (exact) mass is 604 g/mol. The van der Waals surface area contributed by atoms with Crippen LogP contribution in [0.2, 0.25) is 0 Å². The lowest BCUT2D eigenvalue weighted by molar-refractivity contribution is -0.143. The van der Waals surface area contributed by atoms with Crippen LogP contribution in [0.5, 0.6) is 0 Å². The van der Waals surface area contributed by atoms with Crippen LogP contribution in [0.3, 0.4) is 0 Å². The molecule has 0 aliphatic carbocycles. The van der Waals surface area contributed by atoms with Crippen molar-refractivity contribution in [1.82, 2.24) is 10.2 Å². The van der Waals surface area contributed by atoms with Crippen molar-refractivity contribution in [3.63, 3.8) is 0 Å². The third-order valence-corrected chi connectivity index (χ3v) is 8.64. The lowest BCUT2D eigenvalue weighted by atomic mass is 9.87. The number of nitrogens with one attached hydrogen (secondary N) is 1. The summed E-state index contributed by atoms with van der Waals surface area (Å²) in [5.41, 5.74) is 0.422. The van der Waals surface area contributed by atoms with Gasteiger partial charge in [-0.3, -0.25) is 9.59 Å². The van der Waals surface area contributed by atoms with E-state index in [2.05, 4.69) is 18.3 Å². The molecule has 11 nitrogen and oxygen atoms in total. The van der Waals surface area contributed by atoms with E-state index >= 15 is 0 Å². The second-order valence-electron chi connectivity index (χ2n) is 12.4. The molecule has 9 atom stereocenters. The van der Waals surface area contributed by atoms with Crippen molar-refractivity contribution in [1.29, 1.82) is 0 Å². The Bertz CT molecular complexity index is 1080. The van der Waals surface area contributed by atoms with Gasteiger partial charge in [0.2, 0.25) is 5.91 Å². The second-order valence-corrected chi connectivity index (χ2v) is 12.4. The van der Waals surface area contributed by atoms with Crippen LogP contribution in [0.15, 0.2) is 36.0 Å². The molecule has 4 rings (SSSR count). The molecule has 0 unspecified atom stereocenters. The maximum atomic E-state index is 12.6. The molecule has 2 amide bonds. The average molecular weight is 605 g/mol. The fourth-order valence-electron chi connectivity index (χ4n) is 5.93. The van der Waals surface area contributed by atoms with Crippen molar-refractivity contribution in [3.05, 3.63) is 36.0 Å². The van der Waals surface area contributed by atoms with E-state index in [9.17, 15) is 19.5 Å². The number of morpholine rings is 1. The molecule has 4 aliphatic rings. The number of epoxide rings is 1. The Balaban J connectivity index is 1.21. The summed E-state index contributed by atoms with van der Waals surface area (Å²) in [6, 6.07) is -0.135. The molecule has 4 heterocycles. The Labute approximate surface area is 254 Å². The van der Waals surface area contributed by atoms with Gasteiger partial charge in [0.05, 0.1) is 44.2 Å². The summed E-state index contributed by atoms with van der Waals surface area (Å²) in [4.78, 5) is 38.0. The zero-order chi connectivity index (χ0) is 31.1. The van der Waals surface area contributed by atoms with Gasteiger partial charge in [-0.05, 0) is 52.5 Å². The predicted octanol–water partition coefficient (Wildman–Crippen LogP) is 2.86. The Morgan fingerprint density at radius 3 is 2.53 bits per heavy atom. The van der Waals surface area contributed by atoms with Crippen LogP contribution in [-0.4, -0.2) is 109 Å². The van der Waals surface area contributed by atoms with Crippen LogP contribution >= 0.6 is 0 Å². The molecule has 0 aromatic heterocycles. The van der Waals surface area contributed by atoms with Gasteiger partial charge in [0.15, 0.2) is 0 Å². The summed E-state index contributed by atoms with van der Waals surface area (Å²) in [6.07, 6.45) is 8.54. The van der Waals surface area contributed by atoms with Crippen LogP contribution in [-0.2, 0) is 33.3 Å². The average Bonchev–Trinajstić information content (AvgIpc) is 3.74. The molecule has 240 valence electrons. The van der Waals surface area contributed by atoms with E-state index in [-0.39, 0.29) is 42.0 Å². The van der Waals surface area contributed by atoms with Crippen molar-refractivity contribution in [2.45, 2.75) is 109 Å². The molecular weight excluding hydrogens is 556 g/mol. The molecule has 0 aromatic carbocycles. The molecule has 0 bridgehead atoms. The number of allylic oxidation sites excluding steroid dienone is 2. The smallest absolute Gasteiger partial charge is 0.410 e. The SMILES string of the molecule is CC(=O)C[C@@H]1C[C@@]2(CO2)[C@H](O)[C@@H](/C=C/C(C)=C/C[C@@H]2O[C@H](C)[C@H](NC(=O)/C=C\[C@H](C)OC(=O)N3CCOCC3)C[C@H]2C)O1. The maximum absolute atomic E-state index is 12.6. The topological polar surface area (TPSA) is 136 Å². The number of carbonyl (C=O) groups excluding carboxylic acids is 3. The van der Waals surface area contributed by atoms with E-state index in [0.29, 0.717) is 52.2 Å². The first-order chi connectivity index (χ1) is 20.5. The summed E-state index contributed by atoms with van der Waals surface area (Å²) >= 11 is 0. The number of carbonyl (C=O) groups is 3. The Morgan fingerprint density at radius 1 is 1.14 bits per heavy atom. The number of amides is 2. The van der Waals surface area contributed by atoms with Crippen molar-refractivity contribution in [2.75, 3.05) is 32.9 Å². The minimum Gasteiger partial charge on any atom is -0.442 e. The lowest BCUT2D eigenvalue weighted by Gasteiger charge is -2.39. The molecule has 11 heteroatoms. The first-order valence-electron chi connectivity index (χ1n) is 15.4. The highest BCUT2D eigenvalue weighted by molar-refractivity contribution is 5.87. The quantitative estimate of drug-likeness (QED) is 0.219. The highest BCUT2D eigenvalue weighted by atomic mass is 16.6. The molecule has 1 spiro atoms. The first-order valence-corrected chi connectivity index (χ1v) is 15.4. The van der Waals surface area contributed by atoms with Crippen molar-refractivity contribution >= 4 is 17.8 Å². The van der Waals surface area contributed by atoms with Gasteiger partial charge in [-0.25, -0.2) is 4.79 Å². The molecule has 2 N–H and O–H groups in total. The summed E-state index contributed by atoms with van der Waals surface area (Å²) in [7, 11) is 0. The molecule has 0 saturated carbocycles. The number of hydrogen-bond donors (Lipinski definition) is 2. The fraction of sp³-hybridized carbons (Fsp3) is 0.719. The predicted molar refractivity (Wildman–Crippen MR) is 158 cm³/mol. The highest BCUT2D eigenvalue weighted by Gasteiger charge is 2.58. The first kappa shape index (κ1) is 33.3. The number of nitrogens with zero attached hydrogens (tertiary/aromatic N) is 1. The van der Waals surface area contributed by atoms with Crippen LogP contribution in [0.4, 0.5) is 4.79 Å². The van der Waals surface area contributed by atoms with E-state index < -0.39 is 30.0 Å². The summed E-state index contributed by atoms with van der Waals surface area (Å²) < 4.78 is 28.6. The van der Waals surface area contributed by atoms with E-state index in [1.807, 2.05) is 26.0 Å². The molecule has 0 radical (unpaired) electrons. The third kappa shape index (κ3) is 9.46. The molecule has 0 aromatic rings. The number of aliphatic hydroxyl groups is 1. The second kappa shape index (κ2) is 14.9. The minimum absolute atomic E-state index is 0.00117. The van der Waals surface area contributed by atoms with Crippen molar-refractivity contribution in [3.8, 4) is 0 Å². The third-order valence-electron chi connectivity index (χ3n) is 8.64. The normalized spacial score (nSPS) is 35.7. The summed E-state index contributed by atoms with van der Waals surface area (Å²) in [5, 5.41) is 13.8. The number of rotatable bonds is 10. The fourth-order valence-corrected chi connectivity index (χ4v) is 5.93. The Morgan fingerprint density at radius 2 is 1.86 bits per heavy atom. The van der Waals surface area contributed by atoms with Crippen LogP contribution < -0.4 is 5.32 Å². The number of ether oxygens (including phenoxy) is 5. The number of hydrogen-bond acceptors (Lipinski definition) is 9. The lowest BCUT2D eigenvalue weighted by Crippen LogP contribution is -2.50. The Kier molecular flexibility index (Phi) is 11.6. The largest absolute Gasteiger partial charge is 0.442 e. The van der Waals surface area contributed by atoms with Crippen molar-refractivity contribution in [2.24, 2.45) is 5.92 Å². The van der Waals surface area contributed by atoms with Gasteiger partial charge in [-0.2, -0.15) is 0 Å². The Hall–Kier alpha value is -2.57.